The van der Waals surface area contributed by atoms with Crippen molar-refractivity contribution in [2.75, 3.05) is 6.54 Å². The molecule has 0 spiro atoms. The molecule has 1 amide bonds. The Hall–Kier alpha value is -1.63. The third kappa shape index (κ3) is 5.63. The zero-order chi connectivity index (χ0) is 16.6. The van der Waals surface area contributed by atoms with Gasteiger partial charge in [-0.25, -0.2) is 5.84 Å². The predicted octanol–water partition coefficient (Wildman–Crippen LogP) is 1.04. The molecule has 1 saturated carbocycles. The van der Waals surface area contributed by atoms with Crippen molar-refractivity contribution in [2.45, 2.75) is 58.4 Å². The Morgan fingerprint density at radius 3 is 2.82 bits per heavy atom. The van der Waals surface area contributed by atoms with Gasteiger partial charge in [-0.05, 0) is 44.4 Å². The number of hydrazine groups is 1. The lowest BCUT2D eigenvalue weighted by Crippen LogP contribution is -2.30. The van der Waals surface area contributed by atoms with Crippen molar-refractivity contribution in [3.63, 3.8) is 0 Å². The van der Waals surface area contributed by atoms with Crippen LogP contribution in [0.4, 0.5) is 0 Å². The molecular weight excluding hydrogens is 284 g/mol. The smallest absolute Gasteiger partial charge is 0.309 e. The van der Waals surface area contributed by atoms with Gasteiger partial charge < -0.3 is 15.8 Å². The lowest BCUT2D eigenvalue weighted by atomic mass is 9.79. The van der Waals surface area contributed by atoms with Gasteiger partial charge in [0.15, 0.2) is 0 Å². The number of hydrogen-bond acceptors (Lipinski definition) is 4. The fraction of sp³-hybridized carbons (Fsp3) is 0.800. The largest absolute Gasteiger partial charge is 0.481 e. The number of rotatable bonds is 9. The number of carbonyl (C=O) groups excluding carboxylic acids is 1. The van der Waals surface area contributed by atoms with E-state index in [1.54, 1.807) is 0 Å². The van der Waals surface area contributed by atoms with Crippen LogP contribution < -0.4 is 16.6 Å². The molecule has 1 rings (SSSR count). The number of aliphatic carboxylic acids is 1. The summed E-state index contributed by atoms with van der Waals surface area (Å²) in [5, 5.41) is 12.4. The average molecular weight is 312 g/mol. The van der Waals surface area contributed by atoms with E-state index in [1.807, 2.05) is 0 Å². The number of amides is 1. The number of nitrogens with one attached hydrogen (secondary N) is 2. The second-order valence-electron chi connectivity index (χ2n) is 6.34. The topological polar surface area (TPSA) is 117 Å². The highest BCUT2D eigenvalue weighted by molar-refractivity contribution is 5.75. The van der Waals surface area contributed by atoms with E-state index in [0.717, 1.165) is 19.3 Å². The lowest BCUT2D eigenvalue weighted by Gasteiger charge is -2.25. The molecule has 0 saturated heterocycles. The van der Waals surface area contributed by atoms with Crippen LogP contribution in [0.25, 0.3) is 0 Å². The number of carboxylic acid groups (broad SMARTS) is 1. The summed E-state index contributed by atoms with van der Waals surface area (Å²) in [6.07, 6.45) is 5.81. The Morgan fingerprint density at radius 1 is 1.50 bits per heavy atom. The van der Waals surface area contributed by atoms with E-state index in [1.165, 1.54) is 13.3 Å². The number of aliphatic imine (C=N–C) groups is 1. The summed E-state index contributed by atoms with van der Waals surface area (Å²) in [4.78, 5) is 26.8. The van der Waals surface area contributed by atoms with Gasteiger partial charge in [-0.15, -0.1) is 0 Å². The van der Waals surface area contributed by atoms with E-state index < -0.39 is 11.4 Å². The second-order valence-corrected chi connectivity index (χ2v) is 6.34. The third-order valence-corrected chi connectivity index (χ3v) is 4.52. The summed E-state index contributed by atoms with van der Waals surface area (Å²) in [5.74, 6) is 4.79. The molecule has 1 aliphatic carbocycles. The quantitative estimate of drug-likeness (QED) is 0.220. The fourth-order valence-electron chi connectivity index (χ4n) is 3.06. The Labute approximate surface area is 131 Å². The normalized spacial score (nSPS) is 26.0. The van der Waals surface area contributed by atoms with Crippen LogP contribution >= 0.6 is 0 Å². The van der Waals surface area contributed by atoms with Crippen molar-refractivity contribution in [1.82, 2.24) is 10.7 Å². The van der Waals surface area contributed by atoms with Crippen molar-refractivity contribution in [1.29, 1.82) is 0 Å². The van der Waals surface area contributed by atoms with E-state index in [0.29, 0.717) is 31.7 Å². The maximum absolute atomic E-state index is 11.7. The van der Waals surface area contributed by atoms with Crippen molar-refractivity contribution in [2.24, 2.45) is 22.2 Å². The molecular formula is C15H28N4O3. The molecule has 1 aliphatic rings. The standard InChI is InChI=1S/C15H28N4O3/c1-11(5-8-17-12(2)20)3-6-15(14(21)22)7-4-13(9-15)18-10-19-16/h10-11,13H,3-9,16H2,1-2H3,(H,17,20)(H,18,19)(H,21,22)/t11-,13?,15?/m0/s1. The van der Waals surface area contributed by atoms with Crippen LogP contribution in [0.1, 0.15) is 52.4 Å². The molecule has 7 heteroatoms. The number of carbonyl (C=O) groups is 2. The molecule has 1 fully saturated rings. The summed E-state index contributed by atoms with van der Waals surface area (Å²) >= 11 is 0. The maximum Gasteiger partial charge on any atom is 0.309 e. The minimum absolute atomic E-state index is 0.0285. The summed E-state index contributed by atoms with van der Waals surface area (Å²) in [6.45, 7) is 4.24. The second kappa shape index (κ2) is 8.73. The first-order valence-electron chi connectivity index (χ1n) is 7.85. The van der Waals surface area contributed by atoms with Crippen LogP contribution in [0.3, 0.4) is 0 Å². The Morgan fingerprint density at radius 2 is 2.23 bits per heavy atom. The van der Waals surface area contributed by atoms with Crippen LogP contribution in [0, 0.1) is 11.3 Å². The highest BCUT2D eigenvalue weighted by Gasteiger charge is 2.45. The molecule has 22 heavy (non-hydrogen) atoms. The van der Waals surface area contributed by atoms with Gasteiger partial charge >= 0.3 is 5.97 Å². The fourth-order valence-corrected chi connectivity index (χ4v) is 3.06. The van der Waals surface area contributed by atoms with Crippen LogP contribution in [0.2, 0.25) is 0 Å². The molecule has 0 aromatic carbocycles. The summed E-state index contributed by atoms with van der Waals surface area (Å²) in [5.41, 5.74) is 1.69. The van der Waals surface area contributed by atoms with Gasteiger partial charge in [0.05, 0.1) is 17.8 Å². The van der Waals surface area contributed by atoms with Gasteiger partial charge in [0.1, 0.15) is 0 Å². The molecule has 3 atom stereocenters. The minimum Gasteiger partial charge on any atom is -0.481 e. The molecule has 0 aromatic rings. The number of nitrogens with zero attached hydrogens (tertiary/aromatic N) is 1. The predicted molar refractivity (Wildman–Crippen MR) is 85.2 cm³/mol. The third-order valence-electron chi connectivity index (χ3n) is 4.52. The number of carboxylic acids is 1. The van der Waals surface area contributed by atoms with Gasteiger partial charge in [0, 0.05) is 13.5 Å². The van der Waals surface area contributed by atoms with E-state index in [2.05, 4.69) is 22.7 Å². The first kappa shape index (κ1) is 18.4. The van der Waals surface area contributed by atoms with Crippen molar-refractivity contribution < 1.29 is 14.7 Å². The van der Waals surface area contributed by atoms with Crippen LogP contribution in [-0.2, 0) is 9.59 Å². The molecule has 7 nitrogen and oxygen atoms in total. The van der Waals surface area contributed by atoms with E-state index >= 15 is 0 Å². The van der Waals surface area contributed by atoms with Crippen molar-refractivity contribution in [3.05, 3.63) is 0 Å². The van der Waals surface area contributed by atoms with Gasteiger partial charge in [-0.1, -0.05) is 6.92 Å². The van der Waals surface area contributed by atoms with Gasteiger partial charge in [0.25, 0.3) is 0 Å². The molecule has 0 radical (unpaired) electrons. The monoisotopic (exact) mass is 312 g/mol. The highest BCUT2D eigenvalue weighted by Crippen LogP contribution is 2.44. The van der Waals surface area contributed by atoms with E-state index in [4.69, 9.17) is 5.84 Å². The molecule has 0 aromatic heterocycles. The molecule has 0 aliphatic heterocycles. The van der Waals surface area contributed by atoms with Crippen molar-refractivity contribution >= 4 is 18.2 Å². The first-order valence-corrected chi connectivity index (χ1v) is 7.85. The first-order chi connectivity index (χ1) is 10.4. The Balaban J connectivity index is 2.46. The molecule has 5 N–H and O–H groups in total. The van der Waals surface area contributed by atoms with Crippen LogP contribution in [0.15, 0.2) is 4.99 Å². The summed E-state index contributed by atoms with van der Waals surface area (Å²) in [6, 6.07) is 0.0295. The molecule has 0 bridgehead atoms. The van der Waals surface area contributed by atoms with Gasteiger partial charge in [0.2, 0.25) is 5.91 Å². The molecule has 126 valence electrons. The van der Waals surface area contributed by atoms with Gasteiger partial charge in [-0.2, -0.15) is 0 Å². The SMILES string of the molecule is CC(=O)NCC[C@@H](C)CCC1(C(=O)O)CCC(N=CNN)C1. The van der Waals surface area contributed by atoms with Crippen LogP contribution in [0.5, 0.6) is 0 Å². The Bertz CT molecular complexity index is 414. The number of nitrogens with two attached hydrogens (primary N) is 1. The van der Waals surface area contributed by atoms with Gasteiger partial charge in [-0.3, -0.25) is 14.6 Å². The Kier molecular flexibility index (Phi) is 7.31. The maximum atomic E-state index is 11.7. The highest BCUT2D eigenvalue weighted by atomic mass is 16.4. The van der Waals surface area contributed by atoms with E-state index in [-0.39, 0.29) is 11.9 Å². The van der Waals surface area contributed by atoms with Crippen LogP contribution in [-0.4, -0.2) is 35.9 Å². The number of hydrogen-bond donors (Lipinski definition) is 4. The molecule has 2 unspecified atom stereocenters. The zero-order valence-corrected chi connectivity index (χ0v) is 13.5. The van der Waals surface area contributed by atoms with E-state index in [9.17, 15) is 14.7 Å². The summed E-state index contributed by atoms with van der Waals surface area (Å²) in [7, 11) is 0. The molecule has 0 heterocycles. The average Bonchev–Trinajstić information content (AvgIpc) is 2.87. The lowest BCUT2D eigenvalue weighted by molar-refractivity contribution is -0.149. The summed E-state index contributed by atoms with van der Waals surface area (Å²) < 4.78 is 0. The van der Waals surface area contributed by atoms with Crippen molar-refractivity contribution in [3.8, 4) is 0 Å². The minimum atomic E-state index is -0.722. The zero-order valence-electron chi connectivity index (χ0n) is 13.5.